The average molecular weight is 407 g/mol. The van der Waals surface area contributed by atoms with Crippen LogP contribution in [0.2, 0.25) is 10.0 Å². The fourth-order valence-electron chi connectivity index (χ4n) is 2.26. The smallest absolute Gasteiger partial charge is 0.230 e. The lowest BCUT2D eigenvalue weighted by Crippen LogP contribution is -2.15. The van der Waals surface area contributed by atoms with E-state index >= 15 is 0 Å². The molecule has 3 rings (SSSR count). The number of hydrogen-bond acceptors (Lipinski definition) is 4. The molecule has 0 spiro atoms. The first-order valence-electron chi connectivity index (χ1n) is 7.87. The molecule has 0 saturated carbocycles. The van der Waals surface area contributed by atoms with Crippen molar-refractivity contribution in [1.29, 1.82) is 0 Å². The van der Waals surface area contributed by atoms with E-state index in [0.717, 1.165) is 16.3 Å². The number of hydrogen-bond donors (Lipinski definition) is 1. The third-order valence-corrected chi connectivity index (χ3v) is 4.95. The topological polar surface area (TPSA) is 51.2 Å². The molecule has 7 heteroatoms. The number of halogens is 2. The lowest BCUT2D eigenvalue weighted by molar-refractivity contribution is -0.115. The number of nitrogens with zero attached hydrogens (tertiary/aromatic N) is 1. The lowest BCUT2D eigenvalue weighted by Gasteiger charge is -2.08. The molecule has 0 bridgehead atoms. The van der Waals surface area contributed by atoms with E-state index in [1.807, 2.05) is 18.4 Å². The summed E-state index contributed by atoms with van der Waals surface area (Å²) < 4.78 is 5.66. The van der Waals surface area contributed by atoms with E-state index < -0.39 is 0 Å². The molecule has 26 heavy (non-hydrogen) atoms. The number of aromatic nitrogens is 1. The molecule has 0 fully saturated rings. The van der Waals surface area contributed by atoms with Crippen LogP contribution in [0.4, 0.5) is 5.69 Å². The maximum Gasteiger partial charge on any atom is 0.230 e. The average Bonchev–Trinajstić information content (AvgIpc) is 3.05. The van der Waals surface area contributed by atoms with Gasteiger partial charge in [0.1, 0.15) is 17.4 Å². The standard InChI is InChI=1S/C19H16Cl2N2O2S/c1-12-2-3-14(21)8-17(12)23-18(24)9-15-11-26-19(22-15)10-25-16-6-4-13(20)5-7-16/h2-8,11H,9-10H2,1H3,(H,23,24). The first-order chi connectivity index (χ1) is 12.5. The van der Waals surface area contributed by atoms with Crippen LogP contribution in [0, 0.1) is 6.92 Å². The Bertz CT molecular complexity index is 910. The van der Waals surface area contributed by atoms with Gasteiger partial charge in [0.2, 0.25) is 5.91 Å². The summed E-state index contributed by atoms with van der Waals surface area (Å²) >= 11 is 13.3. The molecule has 2 aromatic carbocycles. The molecular formula is C19H16Cl2N2O2S. The molecule has 0 radical (unpaired) electrons. The van der Waals surface area contributed by atoms with Gasteiger partial charge in [0, 0.05) is 21.1 Å². The number of ether oxygens (including phenoxy) is 1. The summed E-state index contributed by atoms with van der Waals surface area (Å²) in [5.41, 5.74) is 2.38. The van der Waals surface area contributed by atoms with Crippen molar-refractivity contribution in [2.24, 2.45) is 0 Å². The number of amides is 1. The molecule has 1 N–H and O–H groups in total. The van der Waals surface area contributed by atoms with Crippen molar-refractivity contribution in [2.45, 2.75) is 20.0 Å². The molecule has 4 nitrogen and oxygen atoms in total. The highest BCUT2D eigenvalue weighted by molar-refractivity contribution is 7.09. The van der Waals surface area contributed by atoms with Crippen molar-refractivity contribution in [3.8, 4) is 5.75 Å². The Morgan fingerprint density at radius 1 is 1.15 bits per heavy atom. The van der Waals surface area contributed by atoms with Gasteiger partial charge in [-0.1, -0.05) is 29.3 Å². The summed E-state index contributed by atoms with van der Waals surface area (Å²) in [4.78, 5) is 16.7. The zero-order chi connectivity index (χ0) is 18.5. The third-order valence-electron chi connectivity index (χ3n) is 3.59. The van der Waals surface area contributed by atoms with E-state index in [0.29, 0.717) is 28.0 Å². The third kappa shape index (κ3) is 5.21. The zero-order valence-corrected chi connectivity index (χ0v) is 16.3. The second kappa shape index (κ2) is 8.54. The Kier molecular flexibility index (Phi) is 6.14. The van der Waals surface area contributed by atoms with Crippen LogP contribution in [0.3, 0.4) is 0 Å². The second-order valence-corrected chi connectivity index (χ2v) is 7.47. The van der Waals surface area contributed by atoms with Crippen LogP contribution in [-0.2, 0) is 17.8 Å². The maximum atomic E-state index is 12.2. The van der Waals surface area contributed by atoms with Gasteiger partial charge in [0.15, 0.2) is 0 Å². The molecule has 0 unspecified atom stereocenters. The van der Waals surface area contributed by atoms with Crippen LogP contribution in [-0.4, -0.2) is 10.9 Å². The minimum Gasteiger partial charge on any atom is -0.486 e. The summed E-state index contributed by atoms with van der Waals surface area (Å²) in [7, 11) is 0. The Morgan fingerprint density at radius 2 is 1.88 bits per heavy atom. The minimum atomic E-state index is -0.133. The van der Waals surface area contributed by atoms with Crippen molar-refractivity contribution >= 4 is 46.1 Å². The molecule has 0 aliphatic carbocycles. The predicted molar refractivity (Wildman–Crippen MR) is 106 cm³/mol. The highest BCUT2D eigenvalue weighted by Gasteiger charge is 2.10. The van der Waals surface area contributed by atoms with E-state index in [-0.39, 0.29) is 12.3 Å². The Morgan fingerprint density at radius 3 is 2.65 bits per heavy atom. The molecule has 3 aromatic rings. The quantitative estimate of drug-likeness (QED) is 0.586. The van der Waals surface area contributed by atoms with Gasteiger partial charge in [-0.15, -0.1) is 11.3 Å². The van der Waals surface area contributed by atoms with Gasteiger partial charge >= 0.3 is 0 Å². The van der Waals surface area contributed by atoms with Crippen molar-refractivity contribution in [3.05, 3.63) is 74.2 Å². The number of aryl methyl sites for hydroxylation is 1. The van der Waals surface area contributed by atoms with Crippen molar-refractivity contribution in [3.63, 3.8) is 0 Å². The molecule has 1 amide bonds. The van der Waals surface area contributed by atoms with Crippen LogP contribution < -0.4 is 10.1 Å². The van der Waals surface area contributed by atoms with E-state index in [2.05, 4.69) is 10.3 Å². The number of nitrogens with one attached hydrogen (secondary N) is 1. The summed E-state index contributed by atoms with van der Waals surface area (Å²) in [6, 6.07) is 12.5. The van der Waals surface area contributed by atoms with Gasteiger partial charge in [-0.2, -0.15) is 0 Å². The van der Waals surface area contributed by atoms with Gasteiger partial charge in [-0.05, 0) is 48.9 Å². The fraction of sp³-hybridized carbons (Fsp3) is 0.158. The molecule has 134 valence electrons. The number of rotatable bonds is 6. The molecule has 1 aromatic heterocycles. The van der Waals surface area contributed by atoms with E-state index in [9.17, 15) is 4.79 Å². The van der Waals surface area contributed by atoms with Crippen LogP contribution in [0.1, 0.15) is 16.3 Å². The van der Waals surface area contributed by atoms with Crippen LogP contribution in [0.5, 0.6) is 5.75 Å². The molecule has 0 saturated heterocycles. The fourth-order valence-corrected chi connectivity index (χ4v) is 3.26. The first-order valence-corrected chi connectivity index (χ1v) is 9.51. The Labute approximate surface area is 165 Å². The minimum absolute atomic E-state index is 0.133. The lowest BCUT2D eigenvalue weighted by atomic mass is 10.2. The van der Waals surface area contributed by atoms with Crippen LogP contribution >= 0.6 is 34.5 Å². The van der Waals surface area contributed by atoms with Gasteiger partial charge in [0.25, 0.3) is 0 Å². The van der Waals surface area contributed by atoms with Crippen LogP contribution in [0.25, 0.3) is 0 Å². The summed E-state index contributed by atoms with van der Waals surface area (Å²) in [6.45, 7) is 2.27. The van der Waals surface area contributed by atoms with Crippen LogP contribution in [0.15, 0.2) is 47.8 Å². The molecular weight excluding hydrogens is 391 g/mol. The largest absolute Gasteiger partial charge is 0.486 e. The molecule has 1 heterocycles. The van der Waals surface area contributed by atoms with Gasteiger partial charge < -0.3 is 10.1 Å². The van der Waals surface area contributed by atoms with Crippen molar-refractivity contribution in [1.82, 2.24) is 4.98 Å². The van der Waals surface area contributed by atoms with Crippen molar-refractivity contribution in [2.75, 3.05) is 5.32 Å². The Balaban J connectivity index is 1.55. The summed E-state index contributed by atoms with van der Waals surface area (Å²) in [5.74, 6) is 0.589. The monoisotopic (exact) mass is 406 g/mol. The zero-order valence-electron chi connectivity index (χ0n) is 14.0. The number of anilines is 1. The maximum absolute atomic E-state index is 12.2. The Hall–Kier alpha value is -2.08. The van der Waals surface area contributed by atoms with Crippen molar-refractivity contribution < 1.29 is 9.53 Å². The van der Waals surface area contributed by atoms with E-state index in [1.54, 1.807) is 36.4 Å². The summed E-state index contributed by atoms with van der Waals surface area (Å²) in [6.07, 6.45) is 0.198. The summed E-state index contributed by atoms with van der Waals surface area (Å²) in [5, 5.41) is 6.79. The molecule has 0 aliphatic heterocycles. The molecule has 0 atom stereocenters. The van der Waals surface area contributed by atoms with Gasteiger partial charge in [-0.3, -0.25) is 4.79 Å². The highest BCUT2D eigenvalue weighted by Crippen LogP contribution is 2.21. The van der Waals surface area contributed by atoms with Gasteiger partial charge in [0.05, 0.1) is 12.1 Å². The normalized spacial score (nSPS) is 10.6. The second-order valence-electron chi connectivity index (χ2n) is 5.66. The number of carbonyl (C=O) groups excluding carboxylic acids is 1. The van der Waals surface area contributed by atoms with E-state index in [4.69, 9.17) is 27.9 Å². The van der Waals surface area contributed by atoms with Gasteiger partial charge in [-0.25, -0.2) is 4.98 Å². The highest BCUT2D eigenvalue weighted by atomic mass is 35.5. The number of benzene rings is 2. The molecule has 0 aliphatic rings. The van der Waals surface area contributed by atoms with E-state index in [1.165, 1.54) is 11.3 Å². The number of thiazole rings is 1. The number of carbonyl (C=O) groups is 1. The first kappa shape index (κ1) is 18.7. The predicted octanol–water partition coefficient (Wildman–Crippen LogP) is 5.52. The SMILES string of the molecule is Cc1ccc(Cl)cc1NC(=O)Cc1csc(COc2ccc(Cl)cc2)n1.